The molecule has 33 heavy (non-hydrogen) atoms. The van der Waals surface area contributed by atoms with E-state index in [1.165, 1.54) is 10.4 Å². The van der Waals surface area contributed by atoms with Crippen LogP contribution in [0.3, 0.4) is 0 Å². The van der Waals surface area contributed by atoms with Crippen molar-refractivity contribution in [1.29, 1.82) is 10.5 Å². The van der Waals surface area contributed by atoms with Crippen LogP contribution in [-0.2, 0) is 0 Å². The van der Waals surface area contributed by atoms with Crippen LogP contribution in [-0.4, -0.2) is 0 Å². The molecule has 0 spiro atoms. The fraction of sp³-hybridized carbons (Fsp3) is 0. The fourth-order valence-electron chi connectivity index (χ4n) is 3.68. The van der Waals surface area contributed by atoms with Gasteiger partial charge in [-0.15, -0.1) is 22.7 Å². The molecule has 0 unspecified atom stereocenters. The van der Waals surface area contributed by atoms with E-state index in [9.17, 15) is 0 Å². The van der Waals surface area contributed by atoms with Crippen molar-refractivity contribution >= 4 is 55.2 Å². The Labute approximate surface area is 200 Å². The molecule has 0 aliphatic carbocycles. The Kier molecular flexibility index (Phi) is 5.74. The lowest BCUT2D eigenvalue weighted by Crippen LogP contribution is -2.09. The maximum absolute atomic E-state index is 8.98. The minimum atomic E-state index is 0.126. The van der Waals surface area contributed by atoms with Crippen LogP contribution in [0.1, 0.15) is 4.88 Å². The number of nitrogens with zero attached hydrogens (tertiary/aromatic N) is 3. The average molecular weight is 460 g/mol. The van der Waals surface area contributed by atoms with Gasteiger partial charge in [0.15, 0.2) is 0 Å². The first-order chi connectivity index (χ1) is 16.2. The molecule has 2 aromatic heterocycles. The standard InChI is InChI=1S/C28H17N3S2/c29-18-20(19-30)15-25-16-27-28(32-25)17-26(33-27)21-11-13-24(14-12-21)31(22-7-3-1-4-8-22)23-9-5-2-6-10-23/h1-17H. The van der Waals surface area contributed by atoms with E-state index in [1.807, 2.05) is 30.3 Å². The smallest absolute Gasteiger partial charge is 0.131 e. The second-order valence-corrected chi connectivity index (χ2v) is 9.52. The van der Waals surface area contributed by atoms with Crippen molar-refractivity contribution in [3.05, 3.63) is 108 Å². The number of hydrogen-bond donors (Lipinski definition) is 0. The number of hydrogen-bond acceptors (Lipinski definition) is 5. The SMILES string of the molecule is N#CC(C#N)=Cc1cc2sc(-c3ccc(N(c4ccccc4)c4ccccc4)cc3)cc2s1. The van der Waals surface area contributed by atoms with Crippen LogP contribution in [0.5, 0.6) is 0 Å². The first-order valence-electron chi connectivity index (χ1n) is 10.3. The quantitative estimate of drug-likeness (QED) is 0.247. The van der Waals surface area contributed by atoms with Crippen molar-refractivity contribution in [3.63, 3.8) is 0 Å². The van der Waals surface area contributed by atoms with Gasteiger partial charge in [-0.1, -0.05) is 48.5 Å². The second kappa shape index (κ2) is 9.14. The Morgan fingerprint density at radius 1 is 0.667 bits per heavy atom. The van der Waals surface area contributed by atoms with Crippen molar-refractivity contribution in [2.75, 3.05) is 4.90 Å². The molecule has 0 saturated heterocycles. The van der Waals surface area contributed by atoms with Gasteiger partial charge in [0.2, 0.25) is 0 Å². The Hall–Kier alpha value is -4.16. The van der Waals surface area contributed by atoms with Gasteiger partial charge < -0.3 is 4.90 Å². The van der Waals surface area contributed by atoms with E-state index >= 15 is 0 Å². The van der Waals surface area contributed by atoms with Crippen molar-refractivity contribution < 1.29 is 0 Å². The molecule has 156 valence electrons. The van der Waals surface area contributed by atoms with Crippen LogP contribution in [0.4, 0.5) is 17.1 Å². The monoisotopic (exact) mass is 459 g/mol. The molecule has 3 nitrogen and oxygen atoms in total. The summed E-state index contributed by atoms with van der Waals surface area (Å²) in [6.07, 6.45) is 1.65. The molecule has 0 atom stereocenters. The molecule has 5 rings (SSSR count). The highest BCUT2D eigenvalue weighted by Crippen LogP contribution is 2.40. The lowest BCUT2D eigenvalue weighted by atomic mass is 10.1. The van der Waals surface area contributed by atoms with Crippen LogP contribution in [0.25, 0.3) is 25.9 Å². The topological polar surface area (TPSA) is 50.8 Å². The molecule has 0 N–H and O–H groups in total. The Morgan fingerprint density at radius 2 is 1.21 bits per heavy atom. The normalized spacial score (nSPS) is 10.4. The number of thiophene rings is 2. The summed E-state index contributed by atoms with van der Waals surface area (Å²) in [7, 11) is 0. The van der Waals surface area contributed by atoms with Crippen LogP contribution in [0.15, 0.2) is 103 Å². The molecule has 2 heterocycles. The zero-order chi connectivity index (χ0) is 22.6. The number of anilines is 3. The summed E-state index contributed by atoms with van der Waals surface area (Å²) in [5.74, 6) is 0. The van der Waals surface area contributed by atoms with Crippen molar-refractivity contribution in [2.24, 2.45) is 0 Å². The predicted molar refractivity (Wildman–Crippen MR) is 139 cm³/mol. The van der Waals surface area contributed by atoms with Gasteiger partial charge in [0.1, 0.15) is 17.7 Å². The highest BCUT2D eigenvalue weighted by atomic mass is 32.1. The number of benzene rings is 3. The number of nitriles is 2. The molecule has 0 saturated carbocycles. The number of para-hydroxylation sites is 2. The van der Waals surface area contributed by atoms with Gasteiger partial charge in [-0.2, -0.15) is 10.5 Å². The molecule has 0 aliphatic rings. The summed E-state index contributed by atoms with van der Waals surface area (Å²) < 4.78 is 2.33. The van der Waals surface area contributed by atoms with Crippen molar-refractivity contribution in [1.82, 2.24) is 0 Å². The van der Waals surface area contributed by atoms with E-state index in [-0.39, 0.29) is 5.57 Å². The number of rotatable bonds is 5. The minimum Gasteiger partial charge on any atom is -0.311 e. The summed E-state index contributed by atoms with van der Waals surface area (Å²) in [4.78, 5) is 4.37. The van der Waals surface area contributed by atoms with Gasteiger partial charge in [0.25, 0.3) is 0 Å². The second-order valence-electron chi connectivity index (χ2n) is 7.32. The summed E-state index contributed by atoms with van der Waals surface area (Å²) in [6, 6.07) is 37.4. The lowest BCUT2D eigenvalue weighted by molar-refractivity contribution is 1.28. The molecule has 0 radical (unpaired) electrons. The Morgan fingerprint density at radius 3 is 1.76 bits per heavy atom. The Balaban J connectivity index is 1.47. The molecule has 0 aliphatic heterocycles. The molecule has 3 aromatic carbocycles. The van der Waals surface area contributed by atoms with Crippen LogP contribution in [0, 0.1) is 22.7 Å². The highest BCUT2D eigenvalue weighted by molar-refractivity contribution is 7.29. The molecule has 0 amide bonds. The third-order valence-corrected chi connectivity index (χ3v) is 7.48. The minimum absolute atomic E-state index is 0.126. The van der Waals surface area contributed by atoms with Gasteiger partial charge in [-0.3, -0.25) is 0 Å². The largest absolute Gasteiger partial charge is 0.311 e. The van der Waals surface area contributed by atoms with E-state index < -0.39 is 0 Å². The highest BCUT2D eigenvalue weighted by Gasteiger charge is 2.13. The number of allylic oxidation sites excluding steroid dienone is 1. The Bertz CT molecular complexity index is 1430. The van der Waals surface area contributed by atoms with Gasteiger partial charge in [0, 0.05) is 36.2 Å². The number of fused-ring (bicyclic) bond motifs is 1. The van der Waals surface area contributed by atoms with Crippen LogP contribution < -0.4 is 4.90 Å². The van der Waals surface area contributed by atoms with Crippen molar-refractivity contribution in [2.45, 2.75) is 0 Å². The average Bonchev–Trinajstić information content (AvgIpc) is 3.43. The molecule has 0 bridgehead atoms. The predicted octanol–water partition coefficient (Wildman–Crippen LogP) is 8.53. The van der Waals surface area contributed by atoms with E-state index in [0.717, 1.165) is 31.3 Å². The molecule has 5 aromatic rings. The summed E-state index contributed by atoms with van der Waals surface area (Å²) in [5, 5.41) is 18.0. The first-order valence-corrected chi connectivity index (χ1v) is 11.9. The zero-order valence-corrected chi connectivity index (χ0v) is 19.1. The van der Waals surface area contributed by atoms with E-state index in [0.29, 0.717) is 0 Å². The van der Waals surface area contributed by atoms with Gasteiger partial charge >= 0.3 is 0 Å². The fourth-order valence-corrected chi connectivity index (χ4v) is 6.03. The molecule has 0 fully saturated rings. The maximum Gasteiger partial charge on any atom is 0.131 e. The third-order valence-electron chi connectivity index (χ3n) is 5.19. The third kappa shape index (κ3) is 4.29. The zero-order valence-electron chi connectivity index (χ0n) is 17.5. The van der Waals surface area contributed by atoms with Crippen LogP contribution in [0.2, 0.25) is 0 Å². The van der Waals surface area contributed by atoms with Crippen LogP contribution >= 0.6 is 22.7 Å². The molecular weight excluding hydrogens is 442 g/mol. The molecular formula is C28H17N3S2. The first kappa shape index (κ1) is 20.7. The van der Waals surface area contributed by atoms with E-state index in [4.69, 9.17) is 10.5 Å². The summed E-state index contributed by atoms with van der Waals surface area (Å²) >= 11 is 3.32. The lowest BCUT2D eigenvalue weighted by Gasteiger charge is -2.25. The summed E-state index contributed by atoms with van der Waals surface area (Å²) in [5.41, 5.74) is 4.62. The maximum atomic E-state index is 8.98. The summed E-state index contributed by atoms with van der Waals surface area (Å²) in [6.45, 7) is 0. The van der Waals surface area contributed by atoms with E-state index in [2.05, 4.69) is 83.8 Å². The van der Waals surface area contributed by atoms with Gasteiger partial charge in [-0.05, 0) is 60.2 Å². The van der Waals surface area contributed by atoms with E-state index in [1.54, 1.807) is 28.7 Å². The van der Waals surface area contributed by atoms with Crippen molar-refractivity contribution in [3.8, 4) is 22.6 Å². The van der Waals surface area contributed by atoms with Gasteiger partial charge in [0.05, 0.1) is 0 Å². The van der Waals surface area contributed by atoms with Gasteiger partial charge in [-0.25, -0.2) is 0 Å². The molecule has 5 heteroatoms.